The van der Waals surface area contributed by atoms with Crippen LogP contribution < -0.4 is 0 Å². The van der Waals surface area contributed by atoms with Gasteiger partial charge in [0.15, 0.2) is 0 Å². The molecule has 0 unspecified atom stereocenters. The first-order chi connectivity index (χ1) is 7.74. The fourth-order valence-electron chi connectivity index (χ4n) is 1.95. The standard InChI is InChI=1S/C11H11NO2S2/c13-7-1-3-12(6-7)11(14)10-5-9-8(16-10)2-4-15-9/h2,4-5,7,13H,1,3,6H2/t7-/m1/s1. The summed E-state index contributed by atoms with van der Waals surface area (Å²) in [4.78, 5) is 14.6. The third-order valence-corrected chi connectivity index (χ3v) is 4.88. The Hall–Kier alpha value is -0.910. The van der Waals surface area contributed by atoms with E-state index in [-0.39, 0.29) is 12.0 Å². The number of likely N-dealkylation sites (tertiary alicyclic amines) is 1. The van der Waals surface area contributed by atoms with Crippen molar-refractivity contribution in [1.82, 2.24) is 4.90 Å². The van der Waals surface area contributed by atoms with Gasteiger partial charge in [0.05, 0.1) is 11.0 Å². The molecule has 0 saturated carbocycles. The molecule has 2 aromatic rings. The number of aliphatic hydroxyl groups excluding tert-OH is 1. The van der Waals surface area contributed by atoms with Crippen LogP contribution in [0, 0.1) is 0 Å². The molecule has 1 N–H and O–H groups in total. The Morgan fingerprint density at radius 1 is 1.50 bits per heavy atom. The van der Waals surface area contributed by atoms with E-state index in [0.717, 1.165) is 4.88 Å². The molecular formula is C11H11NO2S2. The highest BCUT2D eigenvalue weighted by atomic mass is 32.1. The van der Waals surface area contributed by atoms with Gasteiger partial charge in [-0.05, 0) is 23.9 Å². The van der Waals surface area contributed by atoms with Gasteiger partial charge in [-0.25, -0.2) is 0 Å². The first kappa shape index (κ1) is 10.3. The quantitative estimate of drug-likeness (QED) is 0.846. The Labute approximate surface area is 101 Å². The summed E-state index contributed by atoms with van der Waals surface area (Å²) in [5.74, 6) is 0.0601. The van der Waals surface area contributed by atoms with E-state index in [1.807, 2.05) is 17.5 Å². The van der Waals surface area contributed by atoms with Gasteiger partial charge in [-0.1, -0.05) is 0 Å². The zero-order valence-corrected chi connectivity index (χ0v) is 10.2. The number of carbonyl (C=O) groups is 1. The zero-order valence-electron chi connectivity index (χ0n) is 8.55. The van der Waals surface area contributed by atoms with Gasteiger partial charge in [-0.2, -0.15) is 0 Å². The van der Waals surface area contributed by atoms with Crippen molar-refractivity contribution >= 4 is 38.0 Å². The van der Waals surface area contributed by atoms with Crippen LogP contribution in [-0.2, 0) is 0 Å². The molecule has 0 radical (unpaired) electrons. The number of nitrogens with zero attached hydrogens (tertiary/aromatic N) is 1. The van der Waals surface area contributed by atoms with Crippen LogP contribution in [0.4, 0.5) is 0 Å². The van der Waals surface area contributed by atoms with Gasteiger partial charge in [0.2, 0.25) is 0 Å². The molecule has 0 bridgehead atoms. The molecule has 1 fully saturated rings. The molecule has 16 heavy (non-hydrogen) atoms. The first-order valence-electron chi connectivity index (χ1n) is 5.18. The smallest absolute Gasteiger partial charge is 0.264 e. The Morgan fingerprint density at radius 2 is 2.38 bits per heavy atom. The molecule has 3 heterocycles. The fourth-order valence-corrected chi connectivity index (χ4v) is 4.03. The maximum atomic E-state index is 12.1. The number of hydrogen-bond acceptors (Lipinski definition) is 4. The van der Waals surface area contributed by atoms with Crippen LogP contribution in [0.5, 0.6) is 0 Å². The van der Waals surface area contributed by atoms with Crippen LogP contribution in [-0.4, -0.2) is 35.1 Å². The van der Waals surface area contributed by atoms with E-state index < -0.39 is 0 Å². The van der Waals surface area contributed by atoms with Crippen molar-refractivity contribution < 1.29 is 9.90 Å². The summed E-state index contributed by atoms with van der Waals surface area (Å²) >= 11 is 3.20. The zero-order chi connectivity index (χ0) is 11.1. The molecule has 5 heteroatoms. The Bertz CT molecular complexity index is 502. The Kier molecular flexibility index (Phi) is 2.46. The van der Waals surface area contributed by atoms with Crippen molar-refractivity contribution in [1.29, 1.82) is 0 Å². The van der Waals surface area contributed by atoms with E-state index in [1.165, 1.54) is 20.7 Å². The van der Waals surface area contributed by atoms with E-state index in [1.54, 1.807) is 16.2 Å². The van der Waals surface area contributed by atoms with Gasteiger partial charge in [0.25, 0.3) is 5.91 Å². The summed E-state index contributed by atoms with van der Waals surface area (Å²) in [6.07, 6.45) is 0.357. The van der Waals surface area contributed by atoms with Crippen LogP contribution in [0.2, 0.25) is 0 Å². The third kappa shape index (κ3) is 1.65. The maximum Gasteiger partial charge on any atom is 0.264 e. The lowest BCUT2D eigenvalue weighted by atomic mass is 10.3. The molecule has 0 aliphatic carbocycles. The summed E-state index contributed by atoms with van der Waals surface area (Å²) in [6, 6.07) is 4.00. The predicted octanol–water partition coefficient (Wildman–Crippen LogP) is 2.17. The summed E-state index contributed by atoms with van der Waals surface area (Å²) in [5, 5.41) is 11.4. The minimum atomic E-state index is -0.343. The second-order valence-corrected chi connectivity index (χ2v) is 5.98. The largest absolute Gasteiger partial charge is 0.391 e. The van der Waals surface area contributed by atoms with Gasteiger partial charge < -0.3 is 10.0 Å². The molecule has 0 spiro atoms. The topological polar surface area (TPSA) is 40.5 Å². The van der Waals surface area contributed by atoms with Gasteiger partial charge in [-0.3, -0.25) is 4.79 Å². The minimum absolute atomic E-state index is 0.0601. The second kappa shape index (κ2) is 3.84. The lowest BCUT2D eigenvalue weighted by molar-refractivity contribution is 0.0770. The number of hydrogen-bond donors (Lipinski definition) is 1. The molecule has 1 saturated heterocycles. The van der Waals surface area contributed by atoms with Crippen molar-refractivity contribution in [2.45, 2.75) is 12.5 Å². The molecule has 3 nitrogen and oxygen atoms in total. The molecule has 84 valence electrons. The monoisotopic (exact) mass is 253 g/mol. The highest BCUT2D eigenvalue weighted by molar-refractivity contribution is 7.27. The normalized spacial score (nSPS) is 20.8. The van der Waals surface area contributed by atoms with Crippen molar-refractivity contribution in [3.05, 3.63) is 22.4 Å². The molecule has 1 atom stereocenters. The average Bonchev–Trinajstić information content (AvgIpc) is 2.89. The molecule has 1 aliphatic rings. The van der Waals surface area contributed by atoms with E-state index >= 15 is 0 Å². The Morgan fingerprint density at radius 3 is 3.06 bits per heavy atom. The number of fused-ring (bicyclic) bond motifs is 1. The average molecular weight is 253 g/mol. The van der Waals surface area contributed by atoms with Crippen LogP contribution in [0.3, 0.4) is 0 Å². The maximum absolute atomic E-state index is 12.1. The number of thiophene rings is 2. The molecule has 0 aromatic carbocycles. The first-order valence-corrected chi connectivity index (χ1v) is 6.88. The summed E-state index contributed by atoms with van der Waals surface area (Å²) < 4.78 is 2.35. The van der Waals surface area contributed by atoms with Gasteiger partial charge in [0, 0.05) is 22.5 Å². The van der Waals surface area contributed by atoms with Crippen molar-refractivity contribution in [2.24, 2.45) is 0 Å². The highest BCUT2D eigenvalue weighted by Crippen LogP contribution is 2.31. The van der Waals surface area contributed by atoms with Gasteiger partial charge in [0.1, 0.15) is 0 Å². The molecular weight excluding hydrogens is 242 g/mol. The van der Waals surface area contributed by atoms with Crippen molar-refractivity contribution in [3.63, 3.8) is 0 Å². The van der Waals surface area contributed by atoms with E-state index in [4.69, 9.17) is 0 Å². The van der Waals surface area contributed by atoms with Crippen LogP contribution in [0.15, 0.2) is 17.5 Å². The predicted molar refractivity (Wildman–Crippen MR) is 66.2 cm³/mol. The lowest BCUT2D eigenvalue weighted by Gasteiger charge is -2.13. The van der Waals surface area contributed by atoms with Gasteiger partial charge >= 0.3 is 0 Å². The number of β-amino-alcohol motifs (C(OH)–C–C–N with tert-alkyl or cyclic N) is 1. The van der Waals surface area contributed by atoms with Crippen LogP contribution in [0.1, 0.15) is 16.1 Å². The number of carbonyl (C=O) groups excluding carboxylic acids is 1. The molecule has 3 rings (SSSR count). The van der Waals surface area contributed by atoms with Gasteiger partial charge in [-0.15, -0.1) is 22.7 Å². The molecule has 1 aliphatic heterocycles. The van der Waals surface area contributed by atoms with Crippen molar-refractivity contribution in [2.75, 3.05) is 13.1 Å². The van der Waals surface area contributed by atoms with E-state index in [9.17, 15) is 9.90 Å². The molecule has 2 aromatic heterocycles. The SMILES string of the molecule is O=C(c1cc2sccc2s1)N1CC[C@@H](O)C1. The minimum Gasteiger partial charge on any atom is -0.391 e. The van der Waals surface area contributed by atoms with Crippen LogP contribution >= 0.6 is 22.7 Å². The highest BCUT2D eigenvalue weighted by Gasteiger charge is 2.26. The second-order valence-electron chi connectivity index (χ2n) is 3.95. The molecule has 1 amide bonds. The number of amides is 1. The van der Waals surface area contributed by atoms with Crippen molar-refractivity contribution in [3.8, 4) is 0 Å². The number of aliphatic hydroxyl groups is 1. The fraction of sp³-hybridized carbons (Fsp3) is 0.364. The van der Waals surface area contributed by atoms with Crippen LogP contribution in [0.25, 0.3) is 9.40 Å². The van der Waals surface area contributed by atoms with E-state index in [2.05, 4.69) is 0 Å². The summed E-state index contributed by atoms with van der Waals surface area (Å²) in [6.45, 7) is 1.15. The Balaban J connectivity index is 1.87. The number of rotatable bonds is 1. The summed E-state index contributed by atoms with van der Waals surface area (Å²) in [7, 11) is 0. The van der Waals surface area contributed by atoms with E-state index in [0.29, 0.717) is 19.5 Å². The lowest BCUT2D eigenvalue weighted by Crippen LogP contribution is -2.28. The summed E-state index contributed by atoms with van der Waals surface area (Å²) in [5.41, 5.74) is 0. The third-order valence-electron chi connectivity index (χ3n) is 2.80.